The van der Waals surface area contributed by atoms with Crippen LogP contribution in [0.5, 0.6) is 5.75 Å². The first-order chi connectivity index (χ1) is 14.9. The molecule has 7 heteroatoms. The second kappa shape index (κ2) is 9.27. The van der Waals surface area contributed by atoms with Crippen molar-refractivity contribution in [2.75, 3.05) is 12.3 Å². The number of rotatable bonds is 3. The summed E-state index contributed by atoms with van der Waals surface area (Å²) < 4.78 is 19.1. The van der Waals surface area contributed by atoms with Gasteiger partial charge in [0, 0.05) is 27.8 Å². The molecule has 31 heavy (non-hydrogen) atoms. The summed E-state index contributed by atoms with van der Waals surface area (Å²) in [6.45, 7) is 0.616. The lowest BCUT2D eigenvalue weighted by molar-refractivity contribution is 0.308. The zero-order chi connectivity index (χ0) is 22.0. The average molecular weight is 473 g/mol. The van der Waals surface area contributed by atoms with Crippen LogP contribution in [0, 0.1) is 5.82 Å². The van der Waals surface area contributed by atoms with Crippen LogP contribution < -0.4 is 10.5 Å². The summed E-state index contributed by atoms with van der Waals surface area (Å²) in [6, 6.07) is 18.7. The normalized spacial score (nSPS) is 16.0. The minimum Gasteiger partial charge on any atom is -0.432 e. The zero-order valence-corrected chi connectivity index (χ0v) is 18.7. The molecule has 1 aliphatic rings. The molecule has 0 fully saturated rings. The van der Waals surface area contributed by atoms with Gasteiger partial charge in [-0.3, -0.25) is 0 Å². The van der Waals surface area contributed by atoms with E-state index in [0.717, 1.165) is 16.7 Å². The lowest BCUT2D eigenvalue weighted by Gasteiger charge is -2.36. The van der Waals surface area contributed by atoms with Crippen LogP contribution in [0.15, 0.2) is 72.8 Å². The van der Waals surface area contributed by atoms with Crippen molar-refractivity contribution in [2.24, 2.45) is 0 Å². The molecular weight excluding hydrogens is 454 g/mol. The van der Waals surface area contributed by atoms with Gasteiger partial charge in [0.05, 0.1) is 6.04 Å². The summed E-state index contributed by atoms with van der Waals surface area (Å²) in [5, 5.41) is 1.59. The fourth-order valence-corrected chi connectivity index (χ4v) is 4.18. The summed E-state index contributed by atoms with van der Waals surface area (Å²) >= 11 is 17.9. The van der Waals surface area contributed by atoms with Gasteiger partial charge in [0.25, 0.3) is 5.17 Å². The van der Waals surface area contributed by atoms with E-state index < -0.39 is 0 Å². The summed E-state index contributed by atoms with van der Waals surface area (Å²) in [5.41, 5.74) is 9.90. The van der Waals surface area contributed by atoms with Gasteiger partial charge in [-0.05, 0) is 84.4 Å². The van der Waals surface area contributed by atoms with Gasteiger partial charge in [0.15, 0.2) is 0 Å². The smallest absolute Gasteiger partial charge is 0.265 e. The van der Waals surface area contributed by atoms with Gasteiger partial charge in [-0.2, -0.15) is 0 Å². The highest BCUT2D eigenvalue weighted by Gasteiger charge is 2.28. The van der Waals surface area contributed by atoms with Crippen molar-refractivity contribution in [2.45, 2.75) is 12.5 Å². The molecule has 4 rings (SSSR count). The molecule has 158 valence electrons. The molecule has 0 saturated heterocycles. The van der Waals surface area contributed by atoms with E-state index in [1.807, 2.05) is 41.3 Å². The number of anilines is 1. The first-order valence-electron chi connectivity index (χ1n) is 9.66. The third-order valence-corrected chi connectivity index (χ3v) is 5.95. The number of hydrogen-bond donors (Lipinski definition) is 1. The van der Waals surface area contributed by atoms with Crippen LogP contribution in [0.3, 0.4) is 0 Å². The fraction of sp³-hybridized carbons (Fsp3) is 0.125. The molecule has 1 heterocycles. The van der Waals surface area contributed by atoms with Crippen LogP contribution in [-0.4, -0.2) is 16.6 Å². The van der Waals surface area contributed by atoms with Gasteiger partial charge >= 0.3 is 0 Å². The number of ether oxygens (including phenoxy) is 1. The highest BCUT2D eigenvalue weighted by molar-refractivity contribution is 7.80. The second-order valence-electron chi connectivity index (χ2n) is 7.19. The molecule has 1 aliphatic heterocycles. The first kappa shape index (κ1) is 21.6. The van der Waals surface area contributed by atoms with Crippen molar-refractivity contribution in [3.05, 3.63) is 99.8 Å². The van der Waals surface area contributed by atoms with E-state index in [1.54, 1.807) is 18.2 Å². The van der Waals surface area contributed by atoms with Crippen LogP contribution in [0.2, 0.25) is 10.0 Å². The number of nitrogen functional groups attached to an aromatic ring is 1. The van der Waals surface area contributed by atoms with E-state index in [0.29, 0.717) is 39.6 Å². The molecule has 3 nitrogen and oxygen atoms in total. The number of halogens is 3. The Bertz CT molecular complexity index is 1130. The molecule has 0 spiro atoms. The van der Waals surface area contributed by atoms with E-state index in [2.05, 4.69) is 6.08 Å². The van der Waals surface area contributed by atoms with Crippen LogP contribution >= 0.6 is 35.4 Å². The summed E-state index contributed by atoms with van der Waals surface area (Å²) in [4.78, 5) is 1.99. The van der Waals surface area contributed by atoms with E-state index in [-0.39, 0.29) is 11.9 Å². The van der Waals surface area contributed by atoms with Gasteiger partial charge in [-0.15, -0.1) is 0 Å². The van der Waals surface area contributed by atoms with Gasteiger partial charge in [0.2, 0.25) is 0 Å². The zero-order valence-electron chi connectivity index (χ0n) is 16.4. The van der Waals surface area contributed by atoms with Crippen LogP contribution in [-0.2, 0) is 0 Å². The lowest BCUT2D eigenvalue weighted by Crippen LogP contribution is -2.39. The number of nitrogens with two attached hydrogens (primary N) is 1. The Balaban J connectivity index is 1.69. The maximum atomic E-state index is 13.2. The minimum absolute atomic E-state index is 0.188. The molecule has 3 aromatic rings. The van der Waals surface area contributed by atoms with Crippen molar-refractivity contribution >= 4 is 51.9 Å². The molecular formula is C24H19Cl2FN2OS. The fourth-order valence-electron chi connectivity index (χ4n) is 3.58. The Morgan fingerprint density at radius 3 is 2.39 bits per heavy atom. The Morgan fingerprint density at radius 2 is 1.68 bits per heavy atom. The quantitative estimate of drug-likeness (QED) is 0.332. The summed E-state index contributed by atoms with van der Waals surface area (Å²) in [5.74, 6) is 0.150. The Kier molecular flexibility index (Phi) is 6.46. The predicted octanol–water partition coefficient (Wildman–Crippen LogP) is 6.91. The number of hydrogen-bond acceptors (Lipinski definition) is 3. The largest absolute Gasteiger partial charge is 0.432 e. The van der Waals surface area contributed by atoms with Crippen LogP contribution in [0.4, 0.5) is 10.1 Å². The molecule has 0 amide bonds. The number of nitrogens with zero attached hydrogens (tertiary/aromatic N) is 1. The topological polar surface area (TPSA) is 38.5 Å². The molecule has 0 saturated carbocycles. The van der Waals surface area contributed by atoms with Crippen molar-refractivity contribution in [3.8, 4) is 5.75 Å². The van der Waals surface area contributed by atoms with Gasteiger partial charge in [-0.25, -0.2) is 4.39 Å². The van der Waals surface area contributed by atoms with Crippen LogP contribution in [0.25, 0.3) is 5.57 Å². The van der Waals surface area contributed by atoms with Crippen molar-refractivity contribution in [1.82, 2.24) is 4.90 Å². The first-order valence-corrected chi connectivity index (χ1v) is 10.8. The SMILES string of the molecule is Nc1ccc(Cl)cc1C1=CC(c2ccc(Cl)cc2)N(C(=S)Oc2ccc(F)cc2)CC1. The summed E-state index contributed by atoms with van der Waals surface area (Å²) in [7, 11) is 0. The predicted molar refractivity (Wildman–Crippen MR) is 129 cm³/mol. The average Bonchev–Trinajstić information content (AvgIpc) is 2.77. The third kappa shape index (κ3) is 5.01. The molecule has 0 aromatic heterocycles. The minimum atomic E-state index is -0.332. The number of thiocarbonyl (C=S) groups is 1. The molecule has 2 N–H and O–H groups in total. The molecule has 3 aromatic carbocycles. The lowest BCUT2D eigenvalue weighted by atomic mass is 9.92. The Hall–Kier alpha value is -2.60. The molecule has 0 radical (unpaired) electrons. The summed E-state index contributed by atoms with van der Waals surface area (Å²) in [6.07, 6.45) is 2.83. The third-order valence-electron chi connectivity index (χ3n) is 5.14. The van der Waals surface area contributed by atoms with Gasteiger partial charge < -0.3 is 15.4 Å². The second-order valence-corrected chi connectivity index (χ2v) is 8.41. The molecule has 1 atom stereocenters. The molecule has 1 unspecified atom stereocenters. The van der Waals surface area contributed by atoms with Crippen LogP contribution in [0.1, 0.15) is 23.6 Å². The van der Waals surface area contributed by atoms with E-state index in [1.165, 1.54) is 12.1 Å². The monoisotopic (exact) mass is 472 g/mol. The Morgan fingerprint density at radius 1 is 1.00 bits per heavy atom. The number of benzene rings is 3. The highest BCUT2D eigenvalue weighted by Crippen LogP contribution is 2.37. The van der Waals surface area contributed by atoms with E-state index in [9.17, 15) is 4.39 Å². The van der Waals surface area contributed by atoms with Gasteiger partial charge in [0.1, 0.15) is 11.6 Å². The van der Waals surface area contributed by atoms with Crippen molar-refractivity contribution in [3.63, 3.8) is 0 Å². The molecule has 0 bridgehead atoms. The van der Waals surface area contributed by atoms with Crippen molar-refractivity contribution < 1.29 is 9.13 Å². The van der Waals surface area contributed by atoms with E-state index in [4.69, 9.17) is 45.9 Å². The standard InChI is InChI=1S/C24H19Cl2FN2OS/c25-17-3-1-15(2-4-17)23-13-16(21-14-18(26)5-10-22(21)28)11-12-29(23)24(31)30-20-8-6-19(27)7-9-20/h1-10,13-14,23H,11-12,28H2. The maximum absolute atomic E-state index is 13.2. The Labute approximate surface area is 195 Å². The van der Waals surface area contributed by atoms with Crippen molar-refractivity contribution in [1.29, 1.82) is 0 Å². The van der Waals surface area contributed by atoms with E-state index >= 15 is 0 Å². The maximum Gasteiger partial charge on any atom is 0.265 e. The highest BCUT2D eigenvalue weighted by atomic mass is 35.5. The molecule has 0 aliphatic carbocycles. The van der Waals surface area contributed by atoms with Gasteiger partial charge in [-0.1, -0.05) is 41.4 Å².